The number of para-hydroxylation sites is 1. The molecule has 0 aliphatic rings. The molecule has 0 unspecified atom stereocenters. The zero-order chi connectivity index (χ0) is 8.10. The summed E-state index contributed by atoms with van der Waals surface area (Å²) in [6, 6.07) is 9.21. The molecule has 0 aliphatic heterocycles. The van der Waals surface area contributed by atoms with Gasteiger partial charge in [-0.1, -0.05) is 18.2 Å². The van der Waals surface area contributed by atoms with E-state index >= 15 is 0 Å². The number of nitrogens with one attached hydrogen (secondary N) is 1. The van der Waals surface area contributed by atoms with Crippen molar-refractivity contribution in [1.29, 1.82) is 0 Å². The largest absolute Gasteiger partial charge is 1.00 e. The third-order valence-corrected chi connectivity index (χ3v) is 1.09. The van der Waals surface area contributed by atoms with E-state index in [1.165, 1.54) is 6.92 Å². The molecule has 62 valence electrons. The van der Waals surface area contributed by atoms with Crippen LogP contribution in [0, 0.1) is 0 Å². The van der Waals surface area contributed by atoms with Gasteiger partial charge in [-0.25, -0.2) is 5.48 Å². The number of benzene rings is 1. The zero-order valence-corrected chi connectivity index (χ0v) is 13.3. The number of anilines is 1. The summed E-state index contributed by atoms with van der Waals surface area (Å²) < 4.78 is 0. The minimum Gasteiger partial charge on any atom is -1.00 e. The van der Waals surface area contributed by atoms with E-state index in [-0.39, 0.29) is 89.8 Å². The summed E-state index contributed by atoms with van der Waals surface area (Å²) >= 11 is 0. The van der Waals surface area contributed by atoms with Gasteiger partial charge in [0.1, 0.15) is 0 Å². The third kappa shape index (κ3) is 8.14. The molecule has 0 saturated carbocycles. The fourth-order valence-corrected chi connectivity index (χ4v) is 0.637. The summed E-state index contributed by atoms with van der Waals surface area (Å²) in [6.45, 7) is 1.34. The van der Waals surface area contributed by atoms with Gasteiger partial charge in [0, 0.05) is 6.92 Å². The van der Waals surface area contributed by atoms with Crippen LogP contribution in [-0.4, -0.2) is 5.97 Å². The van der Waals surface area contributed by atoms with E-state index in [1.807, 2.05) is 30.3 Å². The van der Waals surface area contributed by atoms with Gasteiger partial charge in [0.2, 0.25) is 0 Å². The van der Waals surface area contributed by atoms with Crippen LogP contribution in [0.25, 0.3) is 0 Å². The van der Waals surface area contributed by atoms with Crippen LogP contribution >= 0.6 is 0 Å². The zero-order valence-electron chi connectivity index (χ0n) is 10.2. The number of carbonyl (C=O) groups excluding carboxylic acids is 1. The van der Waals surface area contributed by atoms with Crippen molar-refractivity contribution >= 4 is 11.7 Å². The van der Waals surface area contributed by atoms with Gasteiger partial charge in [-0.15, -0.1) is 0 Å². The van der Waals surface area contributed by atoms with Crippen molar-refractivity contribution in [2.24, 2.45) is 0 Å². The van der Waals surface area contributed by atoms with E-state index < -0.39 is 0 Å². The van der Waals surface area contributed by atoms with Gasteiger partial charge in [-0.2, -0.15) is 0 Å². The smallest absolute Gasteiger partial charge is 1.00 e. The summed E-state index contributed by atoms with van der Waals surface area (Å²) in [5, 5.41) is 0. The minimum absolute atomic E-state index is 0. The van der Waals surface area contributed by atoms with Gasteiger partial charge in [0.15, 0.2) is 0 Å². The Hall–Kier alpha value is 1.13. The fraction of sp³-hybridized carbons (Fsp3) is 0.125. The first-order valence-corrected chi connectivity index (χ1v) is 3.27. The van der Waals surface area contributed by atoms with Crippen molar-refractivity contribution in [3.63, 3.8) is 0 Å². The van der Waals surface area contributed by atoms with Crippen molar-refractivity contribution in [2.75, 3.05) is 5.48 Å². The van der Waals surface area contributed by atoms with Crippen LogP contribution in [0.4, 0.5) is 5.69 Å². The number of rotatable bonds is 2. The maximum atomic E-state index is 10.3. The molecule has 13 heavy (non-hydrogen) atoms. The molecule has 3 nitrogen and oxygen atoms in total. The van der Waals surface area contributed by atoms with Crippen LogP contribution < -0.4 is 86.4 Å². The Morgan fingerprint density at radius 1 is 1.38 bits per heavy atom. The predicted octanol–water partition coefficient (Wildman–Crippen LogP) is -4.19. The first-order chi connectivity index (χ1) is 5.29. The molecule has 0 spiro atoms. The topological polar surface area (TPSA) is 38.3 Å². The molecule has 0 fully saturated rings. The van der Waals surface area contributed by atoms with Gasteiger partial charge in [-0.3, -0.25) is 4.79 Å². The molecule has 1 rings (SSSR count). The van der Waals surface area contributed by atoms with Crippen LogP contribution in [0.2, 0.25) is 0 Å². The van der Waals surface area contributed by atoms with Crippen molar-refractivity contribution in [1.82, 2.24) is 0 Å². The molecule has 0 heterocycles. The van der Waals surface area contributed by atoms with Crippen LogP contribution in [0.5, 0.6) is 0 Å². The molecule has 0 saturated heterocycles. The molecule has 0 aromatic heterocycles. The molecule has 0 radical (unpaired) electrons. The minimum atomic E-state index is -0.353. The van der Waals surface area contributed by atoms with Gasteiger partial charge < -0.3 is 7.69 Å². The van der Waals surface area contributed by atoms with E-state index in [0.717, 1.165) is 5.69 Å². The van der Waals surface area contributed by atoms with Crippen LogP contribution in [0.15, 0.2) is 30.3 Å². The molecule has 0 atom stereocenters. The summed E-state index contributed by atoms with van der Waals surface area (Å²) in [5.74, 6) is -0.353. The molecule has 1 N–H and O–H groups in total. The normalized spacial score (nSPS) is 7.46. The van der Waals surface area contributed by atoms with Crippen LogP contribution in [0.1, 0.15) is 9.78 Å². The Labute approximate surface area is 145 Å². The standard InChI is InChI=1S/C8H9NO2.K.Na.2H/c1-7(10)11-9-8-5-3-2-4-6-8;;;;/h2-6,9H,1H3;;;;/q;2*+1;2*-1. The molecule has 0 amide bonds. The Balaban J connectivity index is -0.000000151. The second-order valence-electron chi connectivity index (χ2n) is 2.06. The Kier molecular flexibility index (Phi) is 12.3. The first-order valence-electron chi connectivity index (χ1n) is 3.27. The van der Waals surface area contributed by atoms with E-state index in [0.29, 0.717) is 0 Å². The fourth-order valence-electron chi connectivity index (χ4n) is 0.637. The molecule has 1 aromatic rings. The summed E-state index contributed by atoms with van der Waals surface area (Å²) in [7, 11) is 0. The Bertz CT molecular complexity index is 252. The molecular formula is C8H11KNNaO2. The monoisotopic (exact) mass is 215 g/mol. The van der Waals surface area contributed by atoms with Crippen molar-refractivity contribution in [3.8, 4) is 0 Å². The third-order valence-electron chi connectivity index (χ3n) is 1.09. The van der Waals surface area contributed by atoms with E-state index in [4.69, 9.17) is 0 Å². The maximum absolute atomic E-state index is 10.3. The van der Waals surface area contributed by atoms with E-state index in [2.05, 4.69) is 10.3 Å². The van der Waals surface area contributed by atoms with Gasteiger partial charge in [-0.05, 0) is 12.1 Å². The van der Waals surface area contributed by atoms with Crippen molar-refractivity contribution in [2.45, 2.75) is 6.92 Å². The van der Waals surface area contributed by atoms with E-state index in [9.17, 15) is 4.79 Å². The van der Waals surface area contributed by atoms with Gasteiger partial charge in [0.05, 0.1) is 5.69 Å². The second-order valence-corrected chi connectivity index (χ2v) is 2.06. The van der Waals surface area contributed by atoms with Crippen molar-refractivity contribution < 1.29 is 93.4 Å². The van der Waals surface area contributed by atoms with E-state index in [1.54, 1.807) is 0 Å². The number of hydrogen-bond donors (Lipinski definition) is 1. The Morgan fingerprint density at radius 2 is 1.92 bits per heavy atom. The van der Waals surface area contributed by atoms with Gasteiger partial charge in [0.25, 0.3) is 0 Å². The SMILES string of the molecule is CC(=O)ONc1ccccc1.[H-].[H-].[K+].[Na+]. The average molecular weight is 215 g/mol. The molecule has 1 aromatic carbocycles. The van der Waals surface area contributed by atoms with Crippen molar-refractivity contribution in [3.05, 3.63) is 30.3 Å². The number of carbonyl (C=O) groups is 1. The first kappa shape index (κ1) is 16.6. The summed E-state index contributed by atoms with van der Waals surface area (Å²) in [5.41, 5.74) is 3.26. The second kappa shape index (κ2) is 9.67. The van der Waals surface area contributed by atoms with Crippen LogP contribution in [0.3, 0.4) is 0 Å². The average Bonchev–Trinajstić information content (AvgIpc) is 2.03. The molecule has 5 heteroatoms. The van der Waals surface area contributed by atoms with Gasteiger partial charge >= 0.3 is 86.9 Å². The number of hydrogen-bond acceptors (Lipinski definition) is 3. The summed E-state index contributed by atoms with van der Waals surface area (Å²) in [4.78, 5) is 14.9. The maximum Gasteiger partial charge on any atom is 1.00 e. The van der Waals surface area contributed by atoms with Crippen LogP contribution in [-0.2, 0) is 9.63 Å². The Morgan fingerprint density at radius 3 is 2.38 bits per heavy atom. The molecule has 0 bridgehead atoms. The predicted molar refractivity (Wildman–Crippen MR) is 44.1 cm³/mol. The molecular weight excluding hydrogens is 204 g/mol. The quantitative estimate of drug-likeness (QED) is 0.402. The molecule has 0 aliphatic carbocycles. The summed E-state index contributed by atoms with van der Waals surface area (Å²) in [6.07, 6.45) is 0.